The number of rotatable bonds is 2. The number of aliphatic hydroxyl groups excluding tert-OH is 1. The molecule has 2 saturated carbocycles. The van der Waals surface area contributed by atoms with Crippen molar-refractivity contribution >= 4 is 11.9 Å². The standard InChI is InChI=1S/C25H34N2O3/c1-6-20(28)25(30)14(2)9-18-17-8-7-16-10-19-15(13-26-27-19)11-22(16,3)24(17,5)21(29)12-23(18,25)4/h7-8,10,13-14,17-18,21,29-30H,6,9,11-12H2,1-5H3,(H,26,27)/t14-,17?,18?,21?,22?,23?,24-,25+/m1/s1. The van der Waals surface area contributed by atoms with Gasteiger partial charge < -0.3 is 10.2 Å². The van der Waals surface area contributed by atoms with Crippen molar-refractivity contribution in [2.75, 3.05) is 0 Å². The first kappa shape index (κ1) is 20.2. The highest BCUT2D eigenvalue weighted by atomic mass is 16.3. The molecule has 3 N–H and O–H groups in total. The molecule has 8 atom stereocenters. The molecule has 30 heavy (non-hydrogen) atoms. The second-order valence-electron chi connectivity index (χ2n) is 11.0. The molecule has 0 saturated heterocycles. The quantitative estimate of drug-likeness (QED) is 0.694. The molecule has 162 valence electrons. The second-order valence-corrected chi connectivity index (χ2v) is 11.0. The lowest BCUT2D eigenvalue weighted by Gasteiger charge is -2.64. The highest BCUT2D eigenvalue weighted by molar-refractivity contribution is 5.88. The molecule has 4 aliphatic rings. The normalized spacial score (nSPS) is 49.0. The maximum absolute atomic E-state index is 13.0. The van der Waals surface area contributed by atoms with E-state index in [1.54, 1.807) is 0 Å². The molecule has 1 aromatic rings. The summed E-state index contributed by atoms with van der Waals surface area (Å²) in [6.07, 6.45) is 10.4. The maximum atomic E-state index is 13.0. The Balaban J connectivity index is 1.66. The van der Waals surface area contributed by atoms with E-state index in [2.05, 4.69) is 42.3 Å². The minimum absolute atomic E-state index is 0.0805. The molecule has 0 aliphatic heterocycles. The van der Waals surface area contributed by atoms with E-state index in [1.165, 1.54) is 11.1 Å². The summed E-state index contributed by atoms with van der Waals surface area (Å²) in [6.45, 7) is 10.4. The van der Waals surface area contributed by atoms with Crippen LogP contribution in [0.4, 0.5) is 0 Å². The largest absolute Gasteiger partial charge is 0.392 e. The Morgan fingerprint density at radius 3 is 2.77 bits per heavy atom. The number of H-pyrrole nitrogens is 1. The number of nitrogens with one attached hydrogen (secondary N) is 1. The van der Waals surface area contributed by atoms with E-state index in [4.69, 9.17) is 0 Å². The van der Waals surface area contributed by atoms with Gasteiger partial charge in [0.05, 0.1) is 18.0 Å². The summed E-state index contributed by atoms with van der Waals surface area (Å²) in [5.74, 6) is 0.0623. The van der Waals surface area contributed by atoms with Crippen molar-refractivity contribution in [3.05, 3.63) is 35.2 Å². The van der Waals surface area contributed by atoms with Crippen LogP contribution in [0.1, 0.15) is 65.1 Å². The summed E-state index contributed by atoms with van der Waals surface area (Å²) in [5, 5.41) is 30.8. The number of ketones is 1. The van der Waals surface area contributed by atoms with Crippen LogP contribution in [-0.2, 0) is 11.2 Å². The third kappa shape index (κ3) is 2.02. The fourth-order valence-electron chi connectivity index (χ4n) is 8.02. The number of aromatic amines is 1. The van der Waals surface area contributed by atoms with Gasteiger partial charge in [0.1, 0.15) is 5.60 Å². The van der Waals surface area contributed by atoms with E-state index in [0.29, 0.717) is 12.8 Å². The summed E-state index contributed by atoms with van der Waals surface area (Å²) in [4.78, 5) is 13.0. The van der Waals surface area contributed by atoms with Crippen molar-refractivity contribution in [2.45, 2.75) is 72.0 Å². The van der Waals surface area contributed by atoms with Crippen LogP contribution in [0.15, 0.2) is 23.9 Å². The summed E-state index contributed by atoms with van der Waals surface area (Å²) in [5.41, 5.74) is 0.864. The molecule has 4 aliphatic carbocycles. The van der Waals surface area contributed by atoms with Gasteiger partial charge in [0.2, 0.25) is 0 Å². The zero-order valence-electron chi connectivity index (χ0n) is 18.7. The average molecular weight is 411 g/mol. The first-order valence-corrected chi connectivity index (χ1v) is 11.4. The Labute approximate surface area is 178 Å². The van der Waals surface area contributed by atoms with Crippen LogP contribution in [0.25, 0.3) is 6.08 Å². The van der Waals surface area contributed by atoms with E-state index in [9.17, 15) is 15.0 Å². The van der Waals surface area contributed by atoms with Gasteiger partial charge >= 0.3 is 0 Å². The molecule has 1 aromatic heterocycles. The first-order chi connectivity index (χ1) is 14.0. The highest BCUT2D eigenvalue weighted by Gasteiger charge is 2.73. The molecule has 0 bridgehead atoms. The fourth-order valence-corrected chi connectivity index (χ4v) is 8.02. The summed E-state index contributed by atoms with van der Waals surface area (Å²) in [6, 6.07) is 0. The van der Waals surface area contributed by atoms with Crippen LogP contribution < -0.4 is 0 Å². The third-order valence-corrected chi connectivity index (χ3v) is 10.1. The van der Waals surface area contributed by atoms with Gasteiger partial charge in [0.25, 0.3) is 0 Å². The van der Waals surface area contributed by atoms with Gasteiger partial charge in [0.15, 0.2) is 5.78 Å². The van der Waals surface area contributed by atoms with Gasteiger partial charge in [-0.1, -0.05) is 46.8 Å². The lowest BCUT2D eigenvalue weighted by Crippen LogP contribution is -2.66. The molecule has 1 heterocycles. The Morgan fingerprint density at radius 2 is 2.07 bits per heavy atom. The molecule has 0 spiro atoms. The number of carbonyl (C=O) groups is 1. The van der Waals surface area contributed by atoms with Crippen LogP contribution in [0, 0.1) is 34.0 Å². The van der Waals surface area contributed by atoms with Gasteiger partial charge in [-0.25, -0.2) is 0 Å². The fraction of sp³-hybridized carbons (Fsp3) is 0.680. The highest BCUT2D eigenvalue weighted by Crippen LogP contribution is 2.71. The van der Waals surface area contributed by atoms with Crippen molar-refractivity contribution in [1.82, 2.24) is 10.2 Å². The van der Waals surface area contributed by atoms with Gasteiger partial charge in [-0.3, -0.25) is 9.89 Å². The molecule has 2 fully saturated rings. The van der Waals surface area contributed by atoms with Crippen molar-refractivity contribution in [1.29, 1.82) is 0 Å². The van der Waals surface area contributed by atoms with Crippen LogP contribution in [0.3, 0.4) is 0 Å². The van der Waals surface area contributed by atoms with E-state index < -0.39 is 17.1 Å². The average Bonchev–Trinajstić information content (AvgIpc) is 3.22. The van der Waals surface area contributed by atoms with Crippen molar-refractivity contribution in [3.63, 3.8) is 0 Å². The zero-order chi connectivity index (χ0) is 21.7. The number of aromatic nitrogens is 2. The Bertz CT molecular complexity index is 979. The number of allylic oxidation sites excluding steroid dienone is 3. The molecule has 5 rings (SSSR count). The van der Waals surface area contributed by atoms with E-state index >= 15 is 0 Å². The van der Waals surface area contributed by atoms with E-state index in [1.807, 2.05) is 27.0 Å². The Kier molecular flexibility index (Phi) is 4.00. The second kappa shape index (κ2) is 5.95. The lowest BCUT2D eigenvalue weighted by atomic mass is 9.40. The molecular formula is C25H34N2O3. The molecule has 5 unspecified atom stereocenters. The number of hydrogen-bond acceptors (Lipinski definition) is 4. The predicted molar refractivity (Wildman–Crippen MR) is 115 cm³/mol. The first-order valence-electron chi connectivity index (χ1n) is 11.4. The Morgan fingerprint density at radius 1 is 1.33 bits per heavy atom. The molecule has 5 heteroatoms. The van der Waals surface area contributed by atoms with Crippen molar-refractivity contribution in [3.8, 4) is 0 Å². The minimum Gasteiger partial charge on any atom is -0.392 e. The monoisotopic (exact) mass is 410 g/mol. The number of hydrogen-bond donors (Lipinski definition) is 3. The number of aliphatic hydroxyl groups is 2. The van der Waals surface area contributed by atoms with Gasteiger partial charge in [-0.15, -0.1) is 0 Å². The Hall–Kier alpha value is -1.72. The summed E-state index contributed by atoms with van der Waals surface area (Å²) >= 11 is 0. The smallest absolute Gasteiger partial charge is 0.164 e. The van der Waals surface area contributed by atoms with Gasteiger partial charge in [0, 0.05) is 22.7 Å². The van der Waals surface area contributed by atoms with Crippen LogP contribution in [0.2, 0.25) is 0 Å². The van der Waals surface area contributed by atoms with Gasteiger partial charge in [-0.2, -0.15) is 5.10 Å². The predicted octanol–water partition coefficient (Wildman–Crippen LogP) is 3.68. The topological polar surface area (TPSA) is 86.2 Å². The summed E-state index contributed by atoms with van der Waals surface area (Å²) in [7, 11) is 0. The van der Waals surface area contributed by atoms with Crippen molar-refractivity contribution < 1.29 is 15.0 Å². The maximum Gasteiger partial charge on any atom is 0.164 e. The lowest BCUT2D eigenvalue weighted by molar-refractivity contribution is -0.199. The SMILES string of the molecule is CCC(=O)[C@@]1(O)[C@H](C)CC2C3C=CC4=Cc5[nH]ncc5CC4(C)[C@@]3(C)C(O)CC21C. The van der Waals surface area contributed by atoms with Crippen LogP contribution >= 0.6 is 0 Å². The molecular weight excluding hydrogens is 376 g/mol. The van der Waals surface area contributed by atoms with E-state index in [-0.39, 0.29) is 34.4 Å². The number of carbonyl (C=O) groups excluding carboxylic acids is 1. The summed E-state index contributed by atoms with van der Waals surface area (Å²) < 4.78 is 0. The molecule has 0 amide bonds. The number of Topliss-reactive ketones (excluding diaryl/α,β-unsaturated/α-hetero) is 1. The van der Waals surface area contributed by atoms with E-state index in [0.717, 1.165) is 18.5 Å². The van der Waals surface area contributed by atoms with Crippen molar-refractivity contribution in [2.24, 2.45) is 34.0 Å². The third-order valence-electron chi connectivity index (χ3n) is 10.1. The number of nitrogens with zero attached hydrogens (tertiary/aromatic N) is 1. The number of fused-ring (bicyclic) bond motifs is 6. The molecule has 0 radical (unpaired) electrons. The molecule has 5 nitrogen and oxygen atoms in total. The minimum atomic E-state index is -1.37. The van der Waals surface area contributed by atoms with Crippen LogP contribution in [-0.4, -0.2) is 37.9 Å². The van der Waals surface area contributed by atoms with Gasteiger partial charge in [-0.05, 0) is 54.2 Å². The zero-order valence-corrected chi connectivity index (χ0v) is 18.7. The molecule has 0 aromatic carbocycles. The van der Waals surface area contributed by atoms with Crippen LogP contribution in [0.5, 0.6) is 0 Å².